The van der Waals surface area contributed by atoms with Crippen molar-refractivity contribution in [3.63, 3.8) is 0 Å². The zero-order valence-electron chi connectivity index (χ0n) is 13.7. The van der Waals surface area contributed by atoms with Crippen molar-refractivity contribution in [2.24, 2.45) is 0 Å². The average molecular weight is 350 g/mol. The van der Waals surface area contributed by atoms with E-state index in [1.807, 2.05) is 0 Å². The Morgan fingerprint density at radius 2 is 1.92 bits per heavy atom. The van der Waals surface area contributed by atoms with Gasteiger partial charge < -0.3 is 20.1 Å². The molecule has 9 nitrogen and oxygen atoms in total. The number of rotatable bonds is 3. The van der Waals surface area contributed by atoms with Crippen molar-refractivity contribution in [2.75, 3.05) is 6.61 Å². The molecule has 1 aliphatic carbocycles. The molecule has 0 radical (unpaired) electrons. The van der Waals surface area contributed by atoms with Gasteiger partial charge in [-0.1, -0.05) is 19.3 Å². The van der Waals surface area contributed by atoms with Gasteiger partial charge in [0.15, 0.2) is 11.9 Å². The predicted octanol–water partition coefficient (Wildman–Crippen LogP) is -0.290. The van der Waals surface area contributed by atoms with Crippen LogP contribution in [0.1, 0.15) is 44.4 Å². The summed E-state index contributed by atoms with van der Waals surface area (Å²) >= 11 is 0. The largest absolute Gasteiger partial charge is 0.394 e. The molecule has 0 aromatic carbocycles. The van der Waals surface area contributed by atoms with Gasteiger partial charge in [-0.05, 0) is 12.8 Å². The van der Waals surface area contributed by atoms with E-state index in [0.717, 1.165) is 25.7 Å². The SMILES string of the molecule is O=c1nc2c(cn1C1CCCCC1)ncn2[C@@H]1O[C@H](CO)[C@@H](O)[C@H]1O. The van der Waals surface area contributed by atoms with Gasteiger partial charge in [-0.15, -0.1) is 0 Å². The summed E-state index contributed by atoms with van der Waals surface area (Å²) in [4.78, 5) is 20.9. The topological polar surface area (TPSA) is 123 Å². The van der Waals surface area contributed by atoms with Crippen LogP contribution in [-0.4, -0.2) is 59.3 Å². The molecular formula is C16H22N4O5. The van der Waals surface area contributed by atoms with E-state index in [4.69, 9.17) is 4.74 Å². The number of hydrogen-bond acceptors (Lipinski definition) is 7. The minimum absolute atomic E-state index is 0.150. The van der Waals surface area contributed by atoms with Crippen molar-refractivity contribution in [3.05, 3.63) is 23.0 Å². The molecule has 4 atom stereocenters. The van der Waals surface area contributed by atoms with Gasteiger partial charge in [0.25, 0.3) is 0 Å². The lowest BCUT2D eigenvalue weighted by molar-refractivity contribution is -0.0511. The van der Waals surface area contributed by atoms with E-state index in [-0.39, 0.29) is 11.7 Å². The monoisotopic (exact) mass is 350 g/mol. The minimum Gasteiger partial charge on any atom is -0.394 e. The highest BCUT2D eigenvalue weighted by Gasteiger charge is 2.44. The molecule has 2 aliphatic rings. The van der Waals surface area contributed by atoms with Crippen LogP contribution >= 0.6 is 0 Å². The molecule has 9 heteroatoms. The number of nitrogens with zero attached hydrogens (tertiary/aromatic N) is 4. The quantitative estimate of drug-likeness (QED) is 0.695. The molecule has 2 aromatic heterocycles. The van der Waals surface area contributed by atoms with E-state index in [1.165, 1.54) is 17.3 Å². The van der Waals surface area contributed by atoms with Gasteiger partial charge in [0, 0.05) is 12.2 Å². The first kappa shape index (κ1) is 16.6. The highest BCUT2D eigenvalue weighted by Crippen LogP contribution is 2.31. The Labute approximate surface area is 143 Å². The highest BCUT2D eigenvalue weighted by atomic mass is 16.6. The molecule has 4 rings (SSSR count). The van der Waals surface area contributed by atoms with E-state index in [9.17, 15) is 20.1 Å². The second kappa shape index (κ2) is 6.49. The number of aromatic nitrogens is 4. The van der Waals surface area contributed by atoms with Crippen molar-refractivity contribution in [3.8, 4) is 0 Å². The zero-order valence-corrected chi connectivity index (χ0v) is 13.7. The summed E-state index contributed by atoms with van der Waals surface area (Å²) in [5, 5.41) is 29.3. The summed E-state index contributed by atoms with van der Waals surface area (Å²) in [6.07, 6.45) is 4.17. The molecule has 25 heavy (non-hydrogen) atoms. The van der Waals surface area contributed by atoms with Gasteiger partial charge in [-0.3, -0.25) is 9.13 Å². The third-order valence-corrected chi connectivity index (χ3v) is 5.24. The summed E-state index contributed by atoms with van der Waals surface area (Å²) in [7, 11) is 0. The molecule has 1 saturated carbocycles. The van der Waals surface area contributed by atoms with E-state index in [2.05, 4.69) is 9.97 Å². The van der Waals surface area contributed by atoms with Gasteiger partial charge >= 0.3 is 5.69 Å². The maximum absolute atomic E-state index is 12.5. The highest BCUT2D eigenvalue weighted by molar-refractivity contribution is 5.69. The van der Waals surface area contributed by atoms with E-state index in [1.54, 1.807) is 10.8 Å². The first-order valence-corrected chi connectivity index (χ1v) is 8.68. The normalized spacial score (nSPS) is 31.0. The summed E-state index contributed by atoms with van der Waals surface area (Å²) < 4.78 is 8.58. The van der Waals surface area contributed by atoms with Crippen LogP contribution in [0.25, 0.3) is 11.2 Å². The standard InChI is InChI=1S/C16H22N4O5/c21-7-11-12(22)13(23)15(25-11)20-8-17-10-6-19(16(24)18-14(10)20)9-4-2-1-3-5-9/h6,8-9,11-13,15,21-23H,1-5,7H2/t11-,12-,13-,15-/m1/s1. The summed E-state index contributed by atoms with van der Waals surface area (Å²) in [6.45, 7) is -0.413. The Morgan fingerprint density at radius 3 is 2.60 bits per heavy atom. The molecule has 0 amide bonds. The van der Waals surface area contributed by atoms with Gasteiger partial charge in [0.1, 0.15) is 23.8 Å². The van der Waals surface area contributed by atoms with E-state index in [0.29, 0.717) is 11.2 Å². The maximum Gasteiger partial charge on any atom is 0.349 e. The van der Waals surface area contributed by atoms with Crippen LogP contribution in [0, 0.1) is 0 Å². The Hall–Kier alpha value is -1.81. The number of fused-ring (bicyclic) bond motifs is 1. The summed E-state index contributed by atoms with van der Waals surface area (Å²) in [5.41, 5.74) is 0.475. The lowest BCUT2D eigenvalue weighted by Gasteiger charge is -2.23. The van der Waals surface area contributed by atoms with Crippen molar-refractivity contribution < 1.29 is 20.1 Å². The summed E-state index contributed by atoms with van der Waals surface area (Å²) in [5.74, 6) is 0. The second-order valence-electron chi connectivity index (χ2n) is 6.81. The molecule has 2 aromatic rings. The molecule has 2 fully saturated rings. The molecule has 0 bridgehead atoms. The predicted molar refractivity (Wildman–Crippen MR) is 86.9 cm³/mol. The van der Waals surface area contributed by atoms with E-state index >= 15 is 0 Å². The van der Waals surface area contributed by atoms with Crippen molar-refractivity contribution in [1.82, 2.24) is 19.1 Å². The van der Waals surface area contributed by atoms with Crippen molar-refractivity contribution in [1.29, 1.82) is 0 Å². The molecule has 0 spiro atoms. The lowest BCUT2D eigenvalue weighted by Crippen LogP contribution is -2.33. The first-order valence-electron chi connectivity index (χ1n) is 8.68. The Morgan fingerprint density at radius 1 is 1.16 bits per heavy atom. The fourth-order valence-corrected chi connectivity index (χ4v) is 3.83. The van der Waals surface area contributed by atoms with Crippen LogP contribution in [-0.2, 0) is 4.74 Å². The number of aliphatic hydroxyl groups is 3. The summed E-state index contributed by atoms with van der Waals surface area (Å²) in [6, 6.07) is 0.150. The average Bonchev–Trinajstić information content (AvgIpc) is 3.16. The van der Waals surface area contributed by atoms with Gasteiger partial charge in [-0.25, -0.2) is 9.78 Å². The van der Waals surface area contributed by atoms with Gasteiger partial charge in [0.2, 0.25) is 0 Å². The zero-order chi connectivity index (χ0) is 17.6. The fraction of sp³-hybridized carbons (Fsp3) is 0.688. The molecule has 136 valence electrons. The van der Waals surface area contributed by atoms with Gasteiger partial charge in [-0.2, -0.15) is 4.98 Å². The number of aliphatic hydroxyl groups excluding tert-OH is 3. The van der Waals surface area contributed by atoms with Crippen LogP contribution in [0.2, 0.25) is 0 Å². The second-order valence-corrected chi connectivity index (χ2v) is 6.81. The number of imidazole rings is 1. The smallest absolute Gasteiger partial charge is 0.349 e. The lowest BCUT2D eigenvalue weighted by atomic mass is 9.95. The number of hydrogen-bond donors (Lipinski definition) is 3. The van der Waals surface area contributed by atoms with Crippen LogP contribution in [0.5, 0.6) is 0 Å². The van der Waals surface area contributed by atoms with Crippen molar-refractivity contribution in [2.45, 2.75) is 62.7 Å². The number of ether oxygens (including phenoxy) is 1. The van der Waals surface area contributed by atoms with Crippen molar-refractivity contribution >= 4 is 11.2 Å². The van der Waals surface area contributed by atoms with Crippen LogP contribution < -0.4 is 5.69 Å². The Kier molecular flexibility index (Phi) is 4.32. The first-order chi connectivity index (χ1) is 12.1. The van der Waals surface area contributed by atoms with Crippen LogP contribution in [0.15, 0.2) is 17.3 Å². The van der Waals surface area contributed by atoms with Crippen LogP contribution in [0.3, 0.4) is 0 Å². The molecule has 1 aliphatic heterocycles. The molecule has 0 unspecified atom stereocenters. The molecule has 3 heterocycles. The third kappa shape index (κ3) is 2.77. The van der Waals surface area contributed by atoms with Crippen LogP contribution in [0.4, 0.5) is 0 Å². The molecule has 1 saturated heterocycles. The third-order valence-electron chi connectivity index (χ3n) is 5.24. The van der Waals surface area contributed by atoms with E-state index < -0.39 is 31.1 Å². The Bertz CT molecular complexity index is 812. The van der Waals surface area contributed by atoms with Gasteiger partial charge in [0.05, 0.1) is 12.9 Å². The molecular weight excluding hydrogens is 328 g/mol. The maximum atomic E-state index is 12.5. The fourth-order valence-electron chi connectivity index (χ4n) is 3.83. The minimum atomic E-state index is -1.24. The Balaban J connectivity index is 1.70. The molecule has 3 N–H and O–H groups in total.